The summed E-state index contributed by atoms with van der Waals surface area (Å²) in [6, 6.07) is -12.6. The molecule has 0 saturated heterocycles. The van der Waals surface area contributed by atoms with Gasteiger partial charge in [0, 0.05) is 18.5 Å². The van der Waals surface area contributed by atoms with Crippen LogP contribution in [0.25, 0.3) is 0 Å². The fraction of sp³-hybridized carbons (Fsp3) is 0.723. The molecule has 0 radical (unpaired) electrons. The standard InChI is InChI=1S/C83H145N15O18/c1-33-47(18)59(93-78(112)65(83(30,116)37-5)97-79(113)80(24,25)66(100)51(22)38-41(6)7)68(102)84-39-54(99)87-60(48(19)34-2)74(108)91-58(46(16)17)72(106)92-62(50(21)36-4)75(109)95-64(82(28,29)115)77(111)96-63(81(26,27)114)76(110)94-61(49(20)35-3)73(107)85-52(23)67(101)88-56(44(12)13)70(104)90-57(45(14)15)71(105)89-55(43(10)11)69(103)86-53(42(8)9)40-98(31)32/h41-42,44-46,50-53,56-58,62-65,114-116H,33-40H2,1-32H3,(H,84,102)(H,85,107)(H,86,103)(H,87,99)(H,88,101)(H,89,105)(H,90,104)(H,91,108)(H,92,106)(H,93,112)(H,94,110)(H,95,109)(H,96,111)(H,97,113)/b59-47+,60-48-,61-49+/t50-,51-,52+,53+,56-,57+,58+,62+,63-,64+,65+,83+/m0/s1. The van der Waals surface area contributed by atoms with E-state index < -0.39 is 189 Å². The van der Waals surface area contributed by atoms with Crippen molar-refractivity contribution < 1.29 is 87.2 Å². The van der Waals surface area contributed by atoms with E-state index in [0.29, 0.717) is 29.7 Å². The highest BCUT2D eigenvalue weighted by Gasteiger charge is 2.47. The largest absolute Gasteiger partial charge is 0.388 e. The third-order valence-corrected chi connectivity index (χ3v) is 20.5. The molecular weight excluding hydrogens is 1490 g/mol. The van der Waals surface area contributed by atoms with Crippen molar-refractivity contribution in [2.45, 2.75) is 317 Å². The summed E-state index contributed by atoms with van der Waals surface area (Å²) in [5.74, 6) is -15.9. The van der Waals surface area contributed by atoms with Crippen LogP contribution in [-0.4, -0.2) is 207 Å². The van der Waals surface area contributed by atoms with Crippen molar-refractivity contribution in [2.24, 2.45) is 46.8 Å². The number of rotatable bonds is 47. The lowest BCUT2D eigenvalue weighted by Crippen LogP contribution is -2.66. The molecule has 0 aromatic carbocycles. The lowest BCUT2D eigenvalue weighted by molar-refractivity contribution is -0.147. The van der Waals surface area contributed by atoms with E-state index in [1.54, 1.807) is 111 Å². The summed E-state index contributed by atoms with van der Waals surface area (Å²) in [6.07, 6.45) is 1.26. The Morgan fingerprint density at radius 2 is 0.767 bits per heavy atom. The minimum atomic E-state index is -2.15. The first kappa shape index (κ1) is 107. The van der Waals surface area contributed by atoms with E-state index in [0.717, 1.165) is 0 Å². The molecule has 0 heterocycles. The highest BCUT2D eigenvalue weighted by atomic mass is 16.3. The third-order valence-electron chi connectivity index (χ3n) is 20.5. The van der Waals surface area contributed by atoms with Crippen molar-refractivity contribution in [3.8, 4) is 0 Å². The van der Waals surface area contributed by atoms with Crippen molar-refractivity contribution in [1.82, 2.24) is 79.3 Å². The Morgan fingerprint density at radius 1 is 0.388 bits per heavy atom. The zero-order chi connectivity index (χ0) is 90.7. The lowest BCUT2D eigenvalue weighted by atomic mass is 9.78. The molecule has 0 fully saturated rings. The average Bonchev–Trinajstić information content (AvgIpc) is 0.805. The Labute approximate surface area is 688 Å². The van der Waals surface area contributed by atoms with Gasteiger partial charge in [0.2, 0.25) is 59.1 Å². The molecule has 660 valence electrons. The lowest BCUT2D eigenvalue weighted by Gasteiger charge is -2.35. The van der Waals surface area contributed by atoms with Crippen molar-refractivity contribution in [2.75, 3.05) is 27.2 Å². The van der Waals surface area contributed by atoms with Gasteiger partial charge in [-0.2, -0.15) is 0 Å². The summed E-state index contributed by atoms with van der Waals surface area (Å²) in [7, 11) is 3.75. The van der Waals surface area contributed by atoms with Gasteiger partial charge in [0.05, 0.1) is 23.3 Å². The molecule has 0 aliphatic heterocycles. The maximum absolute atomic E-state index is 14.6. The molecule has 0 saturated carbocycles. The monoisotopic (exact) mass is 1640 g/mol. The predicted molar refractivity (Wildman–Crippen MR) is 444 cm³/mol. The smallest absolute Gasteiger partial charge is 0.268 e. The number of nitrogens with one attached hydrogen (secondary N) is 14. The molecular formula is C83H145N15O18. The van der Waals surface area contributed by atoms with Gasteiger partial charge in [-0.3, -0.25) is 71.9 Å². The maximum Gasteiger partial charge on any atom is 0.268 e. The number of likely N-dealkylation sites (N-methyl/N-ethyl adjacent to an activating group) is 1. The van der Waals surface area contributed by atoms with Crippen LogP contribution in [0.1, 0.15) is 246 Å². The number of aliphatic hydroxyl groups is 3. The number of nitrogens with zero attached hydrogens (tertiary/aromatic N) is 1. The van der Waals surface area contributed by atoms with Gasteiger partial charge >= 0.3 is 0 Å². The van der Waals surface area contributed by atoms with Crippen LogP contribution >= 0.6 is 0 Å². The first-order valence-electron chi connectivity index (χ1n) is 40.5. The van der Waals surface area contributed by atoms with E-state index in [1.165, 1.54) is 69.2 Å². The van der Waals surface area contributed by atoms with E-state index in [2.05, 4.69) is 74.4 Å². The summed E-state index contributed by atoms with van der Waals surface area (Å²) in [4.78, 5) is 213. The Hall–Kier alpha value is -8.95. The van der Waals surface area contributed by atoms with Crippen LogP contribution < -0.4 is 74.4 Å². The number of ketones is 1. The van der Waals surface area contributed by atoms with Gasteiger partial charge in [-0.1, -0.05) is 124 Å². The number of Topliss-reactive ketones (excluding diaryl/α,β-unsaturated/α-hetero) is 1. The van der Waals surface area contributed by atoms with Gasteiger partial charge in [-0.05, 0) is 194 Å². The number of allylic oxidation sites excluding steroid dienone is 4. The Bertz CT molecular complexity index is 3630. The van der Waals surface area contributed by atoms with Crippen molar-refractivity contribution in [3.05, 3.63) is 45.1 Å². The molecule has 17 N–H and O–H groups in total. The molecule has 0 aliphatic rings. The molecule has 0 unspecified atom stereocenters. The number of hydrogen-bond donors (Lipinski definition) is 17. The molecule has 0 rings (SSSR count). The summed E-state index contributed by atoms with van der Waals surface area (Å²) >= 11 is 0. The molecule has 0 bridgehead atoms. The Balaban J connectivity index is 6.87. The van der Waals surface area contributed by atoms with Crippen LogP contribution in [0.2, 0.25) is 0 Å². The molecule has 116 heavy (non-hydrogen) atoms. The molecule has 0 spiro atoms. The van der Waals surface area contributed by atoms with Gasteiger partial charge in [-0.15, -0.1) is 0 Å². The van der Waals surface area contributed by atoms with Crippen LogP contribution in [-0.2, 0) is 71.9 Å². The zero-order valence-corrected chi connectivity index (χ0v) is 75.3. The fourth-order valence-electron chi connectivity index (χ4n) is 11.9. The number of amides is 14. The second-order valence-corrected chi connectivity index (χ2v) is 34.7. The van der Waals surface area contributed by atoms with E-state index in [1.807, 2.05) is 46.7 Å². The summed E-state index contributed by atoms with van der Waals surface area (Å²) in [5, 5.41) is 70.8. The van der Waals surface area contributed by atoms with E-state index in [9.17, 15) is 87.2 Å². The predicted octanol–water partition coefficient (Wildman–Crippen LogP) is 3.51. The SMILES string of the molecule is CC/C(C)=C(\NC(=O)CNC(=O)/C(NC(=O)[C@@H](NC(=O)C(C)(C)C(=O)[C@@H](C)CC(C)C)[C@](C)(O)CC)=C(/C)CC)C(=O)N[C@@H](C(=O)N[C@@H](C(=O)N[C@H](C(=O)N[C@@H](C(=O)N/C(C(=O)N[C@H](C)C(=O)N[C@H](C(=O)N[C@@H](C(=O)NC(C(=O)N[C@H](CN(C)C)C(C)C)=C(C)C)C(C)C)C(C)C)=C(\C)CC)C(C)(C)O)C(C)(C)O)[C@@H](C)CC)C(C)C. The van der Waals surface area contributed by atoms with Gasteiger partial charge in [-0.25, -0.2) is 0 Å². The van der Waals surface area contributed by atoms with Gasteiger partial charge < -0.3 is 94.7 Å². The average molecular weight is 1640 g/mol. The van der Waals surface area contributed by atoms with Gasteiger partial charge in [0.1, 0.15) is 76.5 Å². The second kappa shape index (κ2) is 47.4. The number of hydrogen-bond acceptors (Lipinski definition) is 19. The van der Waals surface area contributed by atoms with Crippen molar-refractivity contribution in [3.63, 3.8) is 0 Å². The molecule has 0 aliphatic carbocycles. The van der Waals surface area contributed by atoms with Crippen molar-refractivity contribution in [1.29, 1.82) is 0 Å². The normalized spacial score (nSPS) is 16.0. The van der Waals surface area contributed by atoms with Crippen LogP contribution in [0.3, 0.4) is 0 Å². The summed E-state index contributed by atoms with van der Waals surface area (Å²) in [5.41, 5.74) is -7.34. The minimum absolute atomic E-state index is 0.0137. The fourth-order valence-corrected chi connectivity index (χ4v) is 11.9. The second-order valence-electron chi connectivity index (χ2n) is 34.7. The summed E-state index contributed by atoms with van der Waals surface area (Å²) in [6.45, 7) is 47.2. The Morgan fingerprint density at radius 3 is 1.18 bits per heavy atom. The van der Waals surface area contributed by atoms with Gasteiger partial charge in [0.15, 0.2) is 5.78 Å². The first-order chi connectivity index (χ1) is 53.1. The molecule has 33 heteroatoms. The van der Waals surface area contributed by atoms with E-state index in [-0.39, 0.29) is 84.1 Å². The molecule has 0 aromatic rings. The first-order valence-corrected chi connectivity index (χ1v) is 40.5. The van der Waals surface area contributed by atoms with E-state index in [4.69, 9.17) is 0 Å². The van der Waals surface area contributed by atoms with Crippen LogP contribution in [0.15, 0.2) is 45.1 Å². The third kappa shape index (κ3) is 33.2. The molecule has 14 amide bonds. The van der Waals surface area contributed by atoms with Crippen LogP contribution in [0.5, 0.6) is 0 Å². The molecule has 0 aromatic heterocycles. The number of carbonyl (C=O) groups excluding carboxylic acids is 15. The zero-order valence-electron chi connectivity index (χ0n) is 75.3. The van der Waals surface area contributed by atoms with E-state index >= 15 is 0 Å². The number of carbonyl (C=O) groups is 15. The molecule has 12 atom stereocenters. The quantitative estimate of drug-likeness (QED) is 0.0306. The summed E-state index contributed by atoms with van der Waals surface area (Å²) < 4.78 is 0. The van der Waals surface area contributed by atoms with Crippen LogP contribution in [0, 0.1) is 46.8 Å². The minimum Gasteiger partial charge on any atom is -0.388 e. The van der Waals surface area contributed by atoms with Crippen LogP contribution in [0.4, 0.5) is 0 Å². The Kier molecular flexibility index (Phi) is 43.8. The topological polar surface area (TPSA) is 488 Å². The highest BCUT2D eigenvalue weighted by molar-refractivity contribution is 6.09. The molecule has 33 nitrogen and oxygen atoms in total. The highest BCUT2D eigenvalue weighted by Crippen LogP contribution is 2.28. The van der Waals surface area contributed by atoms with Gasteiger partial charge in [0.25, 0.3) is 23.6 Å². The maximum atomic E-state index is 14.6. The van der Waals surface area contributed by atoms with Crippen molar-refractivity contribution >= 4 is 88.5 Å².